The number of carbonyl (C=O) groups excluding carboxylic acids is 2. The van der Waals surface area contributed by atoms with Crippen molar-refractivity contribution in [3.8, 4) is 0 Å². The first-order chi connectivity index (χ1) is 9.52. The maximum absolute atomic E-state index is 11.5. The van der Waals surface area contributed by atoms with Crippen molar-refractivity contribution in [3.63, 3.8) is 0 Å². The number of thiazole rings is 1. The zero-order valence-corrected chi connectivity index (χ0v) is 11.6. The zero-order chi connectivity index (χ0) is 15.0. The molecule has 2 amide bonds. The normalized spacial score (nSPS) is 11.4. The minimum absolute atomic E-state index is 0.320. The van der Waals surface area contributed by atoms with Gasteiger partial charge in [0.15, 0.2) is 0 Å². The van der Waals surface area contributed by atoms with E-state index in [0.717, 1.165) is 12.8 Å². The molecule has 0 aliphatic rings. The molecule has 0 saturated carbocycles. The monoisotopic (exact) mass is 301 g/mol. The number of hydrogen-bond donors (Lipinski definition) is 3. The van der Waals surface area contributed by atoms with Crippen LogP contribution in [0.1, 0.15) is 12.1 Å². The highest BCUT2D eigenvalue weighted by atomic mass is 32.1. The van der Waals surface area contributed by atoms with Crippen LogP contribution in [0.4, 0.5) is 4.79 Å². The highest BCUT2D eigenvalue weighted by molar-refractivity contribution is 7.07. The van der Waals surface area contributed by atoms with Gasteiger partial charge < -0.3 is 20.5 Å². The van der Waals surface area contributed by atoms with Crippen LogP contribution in [-0.4, -0.2) is 47.8 Å². The summed E-state index contributed by atoms with van der Waals surface area (Å²) >= 11 is 1.45. The van der Waals surface area contributed by atoms with Gasteiger partial charge in [-0.1, -0.05) is 0 Å². The molecule has 0 spiro atoms. The van der Waals surface area contributed by atoms with E-state index in [4.69, 9.17) is 5.11 Å². The molecule has 1 heterocycles. The highest BCUT2D eigenvalue weighted by Gasteiger charge is 2.23. The van der Waals surface area contributed by atoms with Crippen LogP contribution in [0.25, 0.3) is 0 Å². The molecule has 1 atom stereocenters. The predicted molar refractivity (Wildman–Crippen MR) is 70.4 cm³/mol. The fourth-order valence-electron chi connectivity index (χ4n) is 1.32. The second-order valence-corrected chi connectivity index (χ2v) is 4.52. The number of urea groups is 1. The van der Waals surface area contributed by atoms with Crippen molar-refractivity contribution in [3.05, 3.63) is 16.6 Å². The van der Waals surface area contributed by atoms with Crippen molar-refractivity contribution in [2.75, 3.05) is 13.7 Å². The third-order valence-corrected chi connectivity index (χ3v) is 2.99. The minimum Gasteiger partial charge on any atom is -0.480 e. The number of aliphatic carboxylic acids is 1. The summed E-state index contributed by atoms with van der Waals surface area (Å²) in [7, 11) is 1.15. The zero-order valence-electron chi connectivity index (χ0n) is 10.8. The molecule has 0 fully saturated rings. The third-order valence-electron chi connectivity index (χ3n) is 2.35. The Balaban J connectivity index is 2.34. The number of hydrogen-bond acceptors (Lipinski definition) is 6. The first-order valence-corrected chi connectivity index (χ1v) is 6.68. The number of esters is 1. The van der Waals surface area contributed by atoms with Crippen molar-refractivity contribution in [2.24, 2.45) is 0 Å². The summed E-state index contributed by atoms with van der Waals surface area (Å²) in [6, 6.07) is -1.97. The maximum Gasteiger partial charge on any atom is 0.326 e. The average molecular weight is 301 g/mol. The van der Waals surface area contributed by atoms with Crippen LogP contribution in [0.15, 0.2) is 10.9 Å². The van der Waals surface area contributed by atoms with Crippen LogP contribution < -0.4 is 10.6 Å². The van der Waals surface area contributed by atoms with E-state index in [1.54, 1.807) is 5.51 Å². The van der Waals surface area contributed by atoms with Gasteiger partial charge in [-0.2, -0.15) is 0 Å². The Kier molecular flexibility index (Phi) is 6.44. The Morgan fingerprint density at radius 2 is 2.25 bits per heavy atom. The van der Waals surface area contributed by atoms with Gasteiger partial charge in [0.25, 0.3) is 0 Å². The van der Waals surface area contributed by atoms with Gasteiger partial charge >= 0.3 is 18.0 Å². The Labute approximate surface area is 119 Å². The van der Waals surface area contributed by atoms with Gasteiger partial charge in [0, 0.05) is 18.3 Å². The molecule has 1 aromatic rings. The fourth-order valence-corrected chi connectivity index (χ4v) is 1.92. The number of carbonyl (C=O) groups is 3. The lowest BCUT2D eigenvalue weighted by atomic mass is 10.2. The number of rotatable bonds is 7. The van der Waals surface area contributed by atoms with E-state index >= 15 is 0 Å². The molecule has 110 valence electrons. The molecule has 9 heteroatoms. The molecule has 20 heavy (non-hydrogen) atoms. The number of carboxylic acid groups (broad SMARTS) is 1. The molecule has 0 aromatic carbocycles. The largest absolute Gasteiger partial charge is 0.480 e. The summed E-state index contributed by atoms with van der Waals surface area (Å²) in [5.74, 6) is -2.01. The second kappa shape index (κ2) is 8.10. The SMILES string of the molecule is COC(=O)C[C@H](NC(=O)NCCc1cscn1)C(=O)O. The van der Waals surface area contributed by atoms with Crippen molar-refractivity contribution in [1.29, 1.82) is 0 Å². The fraction of sp³-hybridized carbons (Fsp3) is 0.455. The first-order valence-electron chi connectivity index (χ1n) is 5.74. The average Bonchev–Trinajstić information content (AvgIpc) is 2.90. The van der Waals surface area contributed by atoms with Crippen molar-refractivity contribution in [1.82, 2.24) is 15.6 Å². The summed E-state index contributed by atoms with van der Waals surface area (Å²) in [5.41, 5.74) is 2.53. The summed E-state index contributed by atoms with van der Waals surface area (Å²) in [6.07, 6.45) is 0.122. The number of aromatic nitrogens is 1. The molecule has 0 saturated heterocycles. The van der Waals surface area contributed by atoms with E-state index in [2.05, 4.69) is 20.4 Å². The predicted octanol–water partition coefficient (Wildman–Crippen LogP) is 0.00110. The lowest BCUT2D eigenvalue weighted by Crippen LogP contribution is -2.47. The lowest BCUT2D eigenvalue weighted by Gasteiger charge is -2.13. The number of amides is 2. The molecule has 1 rings (SSSR count). The molecular weight excluding hydrogens is 286 g/mol. The molecule has 0 aliphatic heterocycles. The Morgan fingerprint density at radius 3 is 2.80 bits per heavy atom. The smallest absolute Gasteiger partial charge is 0.326 e. The second-order valence-electron chi connectivity index (χ2n) is 3.80. The number of nitrogens with zero attached hydrogens (tertiary/aromatic N) is 1. The van der Waals surface area contributed by atoms with Gasteiger partial charge in [-0.05, 0) is 0 Å². The molecule has 1 aromatic heterocycles. The third kappa shape index (κ3) is 5.65. The maximum atomic E-state index is 11.5. The molecule has 0 bridgehead atoms. The number of methoxy groups -OCH3 is 1. The van der Waals surface area contributed by atoms with Crippen LogP contribution >= 0.6 is 11.3 Å². The Hall–Kier alpha value is -2.16. The summed E-state index contributed by atoms with van der Waals surface area (Å²) in [5, 5.41) is 15.4. The van der Waals surface area contributed by atoms with Gasteiger partial charge in [0.05, 0.1) is 24.7 Å². The van der Waals surface area contributed by atoms with E-state index in [1.165, 1.54) is 11.3 Å². The van der Waals surface area contributed by atoms with Crippen LogP contribution in [0.2, 0.25) is 0 Å². The van der Waals surface area contributed by atoms with E-state index in [0.29, 0.717) is 13.0 Å². The van der Waals surface area contributed by atoms with Crippen molar-refractivity contribution >= 4 is 29.3 Å². The quantitative estimate of drug-likeness (QED) is 0.610. The van der Waals surface area contributed by atoms with Gasteiger partial charge in [0.2, 0.25) is 0 Å². The highest BCUT2D eigenvalue weighted by Crippen LogP contribution is 2.00. The molecular formula is C11H15N3O5S. The molecule has 0 aliphatic carbocycles. The molecule has 0 radical (unpaired) electrons. The Morgan fingerprint density at radius 1 is 1.50 bits per heavy atom. The number of carboxylic acids is 1. The molecule has 8 nitrogen and oxygen atoms in total. The Bertz CT molecular complexity index is 463. The summed E-state index contributed by atoms with van der Waals surface area (Å²) in [6.45, 7) is 0.320. The molecule has 0 unspecified atom stereocenters. The van der Waals surface area contributed by atoms with Crippen LogP contribution in [0.3, 0.4) is 0 Å². The number of ether oxygens (including phenoxy) is 1. The van der Waals surface area contributed by atoms with Crippen LogP contribution in [0, 0.1) is 0 Å². The lowest BCUT2D eigenvalue weighted by molar-refractivity contribution is -0.147. The minimum atomic E-state index is -1.32. The van der Waals surface area contributed by atoms with E-state index < -0.39 is 30.4 Å². The standard InChI is InChI=1S/C11H15N3O5S/c1-19-9(15)4-8(10(16)17)14-11(18)12-3-2-7-5-20-6-13-7/h5-6,8H,2-4H2,1H3,(H,16,17)(H2,12,14,18)/t8-/m0/s1. The first kappa shape index (κ1) is 15.9. The van der Waals surface area contributed by atoms with Crippen LogP contribution in [-0.2, 0) is 20.7 Å². The van der Waals surface area contributed by atoms with Gasteiger partial charge in [-0.15, -0.1) is 11.3 Å². The summed E-state index contributed by atoms with van der Waals surface area (Å²) < 4.78 is 4.36. The van der Waals surface area contributed by atoms with E-state index in [9.17, 15) is 14.4 Å². The van der Waals surface area contributed by atoms with Gasteiger partial charge in [0.1, 0.15) is 6.04 Å². The van der Waals surface area contributed by atoms with Gasteiger partial charge in [-0.25, -0.2) is 14.6 Å². The van der Waals surface area contributed by atoms with Crippen molar-refractivity contribution in [2.45, 2.75) is 18.9 Å². The van der Waals surface area contributed by atoms with Crippen molar-refractivity contribution < 1.29 is 24.2 Å². The van der Waals surface area contributed by atoms with Gasteiger partial charge in [-0.3, -0.25) is 4.79 Å². The topological polar surface area (TPSA) is 118 Å². The van der Waals surface area contributed by atoms with E-state index in [-0.39, 0.29) is 0 Å². The summed E-state index contributed by atoms with van der Waals surface area (Å²) in [4.78, 5) is 37.4. The molecule has 3 N–H and O–H groups in total. The van der Waals surface area contributed by atoms with E-state index in [1.807, 2.05) is 5.38 Å². The number of nitrogens with one attached hydrogen (secondary N) is 2. The van der Waals surface area contributed by atoms with Crippen LogP contribution in [0.5, 0.6) is 0 Å².